The summed E-state index contributed by atoms with van der Waals surface area (Å²) in [5.74, 6) is 0.864. The van der Waals surface area contributed by atoms with Gasteiger partial charge in [-0.2, -0.15) is 0 Å². The fourth-order valence-electron chi connectivity index (χ4n) is 2.74. The van der Waals surface area contributed by atoms with E-state index in [0.717, 1.165) is 17.0 Å². The van der Waals surface area contributed by atoms with Crippen molar-refractivity contribution in [2.45, 2.75) is 27.7 Å². The van der Waals surface area contributed by atoms with E-state index in [1.807, 2.05) is 58.0 Å². The van der Waals surface area contributed by atoms with Crippen molar-refractivity contribution in [2.75, 3.05) is 17.2 Å². The standard InChI is InChI=1S/C22H24N4O2/c1-5-28-18-11-9-17(10-12-18)24-21(27)20-13-15(3)23-22(26-20)25-19-8-6-7-14(2)16(19)4/h6-13H,5H2,1-4H3,(H,24,27)(H,23,25,26). The van der Waals surface area contributed by atoms with Crippen LogP contribution >= 0.6 is 0 Å². The molecule has 28 heavy (non-hydrogen) atoms. The fourth-order valence-corrected chi connectivity index (χ4v) is 2.74. The third-order valence-corrected chi connectivity index (χ3v) is 4.36. The van der Waals surface area contributed by atoms with Gasteiger partial charge in [-0.1, -0.05) is 12.1 Å². The normalized spacial score (nSPS) is 10.4. The van der Waals surface area contributed by atoms with Crippen LogP contribution in [0.3, 0.4) is 0 Å². The van der Waals surface area contributed by atoms with E-state index in [9.17, 15) is 4.79 Å². The first-order valence-electron chi connectivity index (χ1n) is 9.19. The highest BCUT2D eigenvalue weighted by Crippen LogP contribution is 2.22. The average Bonchev–Trinajstić information content (AvgIpc) is 2.67. The van der Waals surface area contributed by atoms with E-state index in [-0.39, 0.29) is 5.91 Å². The van der Waals surface area contributed by atoms with E-state index >= 15 is 0 Å². The van der Waals surface area contributed by atoms with Crippen molar-refractivity contribution in [1.82, 2.24) is 9.97 Å². The SMILES string of the molecule is CCOc1ccc(NC(=O)c2cc(C)nc(Nc3cccc(C)c3C)n2)cc1. The molecule has 1 aromatic heterocycles. The molecule has 0 aliphatic rings. The highest BCUT2D eigenvalue weighted by molar-refractivity contribution is 6.03. The second kappa shape index (κ2) is 8.52. The second-order valence-corrected chi connectivity index (χ2v) is 6.50. The van der Waals surface area contributed by atoms with Crippen LogP contribution < -0.4 is 15.4 Å². The van der Waals surface area contributed by atoms with Crippen molar-refractivity contribution in [2.24, 2.45) is 0 Å². The molecule has 0 atom stereocenters. The number of hydrogen-bond donors (Lipinski definition) is 2. The van der Waals surface area contributed by atoms with Gasteiger partial charge >= 0.3 is 0 Å². The zero-order valence-corrected chi connectivity index (χ0v) is 16.5. The highest BCUT2D eigenvalue weighted by Gasteiger charge is 2.12. The molecule has 0 bridgehead atoms. The molecule has 0 aliphatic heterocycles. The molecule has 0 radical (unpaired) electrons. The second-order valence-electron chi connectivity index (χ2n) is 6.50. The molecule has 144 valence electrons. The van der Waals surface area contributed by atoms with Crippen molar-refractivity contribution in [3.8, 4) is 5.75 Å². The molecule has 0 aliphatic carbocycles. The Morgan fingerprint density at radius 1 is 1.04 bits per heavy atom. The van der Waals surface area contributed by atoms with E-state index < -0.39 is 0 Å². The van der Waals surface area contributed by atoms with Crippen molar-refractivity contribution < 1.29 is 9.53 Å². The Labute approximate surface area is 165 Å². The molecule has 0 spiro atoms. The number of amides is 1. The largest absolute Gasteiger partial charge is 0.494 e. The van der Waals surface area contributed by atoms with Crippen LogP contribution in [0.5, 0.6) is 5.75 Å². The van der Waals surface area contributed by atoms with Crippen molar-refractivity contribution >= 4 is 23.2 Å². The highest BCUT2D eigenvalue weighted by atomic mass is 16.5. The Hall–Kier alpha value is -3.41. The minimum absolute atomic E-state index is 0.293. The van der Waals surface area contributed by atoms with Crippen LogP contribution in [0, 0.1) is 20.8 Å². The van der Waals surface area contributed by atoms with E-state index in [1.54, 1.807) is 18.2 Å². The van der Waals surface area contributed by atoms with Gasteiger partial charge in [-0.3, -0.25) is 4.79 Å². The molecule has 3 aromatic rings. The Morgan fingerprint density at radius 2 is 1.79 bits per heavy atom. The number of rotatable bonds is 6. The summed E-state index contributed by atoms with van der Waals surface area (Å²) in [6.45, 7) is 8.45. The number of anilines is 3. The van der Waals surface area contributed by atoms with Gasteiger partial charge in [0.05, 0.1) is 6.61 Å². The van der Waals surface area contributed by atoms with Crippen LogP contribution in [-0.2, 0) is 0 Å². The molecule has 2 N–H and O–H groups in total. The summed E-state index contributed by atoms with van der Waals surface area (Å²) in [5, 5.41) is 6.07. The number of carbonyl (C=O) groups is 1. The van der Waals surface area contributed by atoms with E-state index in [2.05, 4.69) is 20.6 Å². The minimum Gasteiger partial charge on any atom is -0.494 e. The predicted molar refractivity (Wildman–Crippen MR) is 112 cm³/mol. The van der Waals surface area contributed by atoms with Gasteiger partial charge in [0.1, 0.15) is 11.4 Å². The zero-order valence-electron chi connectivity index (χ0n) is 16.5. The number of ether oxygens (including phenoxy) is 1. The lowest BCUT2D eigenvalue weighted by molar-refractivity contribution is 0.102. The van der Waals surface area contributed by atoms with Crippen molar-refractivity contribution in [3.63, 3.8) is 0 Å². The predicted octanol–water partition coefficient (Wildman–Crippen LogP) is 4.80. The van der Waals surface area contributed by atoms with Gasteiger partial charge in [0, 0.05) is 17.1 Å². The topological polar surface area (TPSA) is 76.1 Å². The Balaban J connectivity index is 1.78. The first-order valence-corrected chi connectivity index (χ1v) is 9.19. The van der Waals surface area contributed by atoms with Gasteiger partial charge in [0.15, 0.2) is 0 Å². The number of benzene rings is 2. The molecule has 0 saturated heterocycles. The molecule has 2 aromatic carbocycles. The van der Waals surface area contributed by atoms with Crippen LogP contribution in [0.4, 0.5) is 17.3 Å². The summed E-state index contributed by atoms with van der Waals surface area (Å²) in [6, 6.07) is 14.9. The number of carbonyl (C=O) groups excluding carboxylic acids is 1. The lowest BCUT2D eigenvalue weighted by Crippen LogP contribution is -2.15. The van der Waals surface area contributed by atoms with Crippen LogP contribution in [0.1, 0.15) is 34.2 Å². The van der Waals surface area contributed by atoms with Gasteiger partial charge in [0.25, 0.3) is 5.91 Å². The number of aromatic nitrogens is 2. The first-order chi connectivity index (χ1) is 13.5. The lowest BCUT2D eigenvalue weighted by Gasteiger charge is -2.12. The van der Waals surface area contributed by atoms with Gasteiger partial charge in [-0.25, -0.2) is 9.97 Å². The van der Waals surface area contributed by atoms with Crippen LogP contribution in [0.2, 0.25) is 0 Å². The molecule has 6 heteroatoms. The summed E-state index contributed by atoms with van der Waals surface area (Å²) >= 11 is 0. The maximum Gasteiger partial charge on any atom is 0.274 e. The van der Waals surface area contributed by atoms with E-state index in [0.29, 0.717) is 29.6 Å². The number of hydrogen-bond acceptors (Lipinski definition) is 5. The summed E-state index contributed by atoms with van der Waals surface area (Å²) in [6.07, 6.45) is 0. The van der Waals surface area contributed by atoms with Crippen molar-refractivity contribution in [3.05, 3.63) is 71.0 Å². The zero-order chi connectivity index (χ0) is 20.1. The Kier molecular flexibility index (Phi) is 5.89. The van der Waals surface area contributed by atoms with Crippen LogP contribution in [0.15, 0.2) is 48.5 Å². The third kappa shape index (κ3) is 4.65. The first kappa shape index (κ1) is 19.4. The number of nitrogens with one attached hydrogen (secondary N) is 2. The Bertz CT molecular complexity index is 984. The number of aryl methyl sites for hydroxylation is 2. The summed E-state index contributed by atoms with van der Waals surface area (Å²) in [5.41, 5.74) is 4.89. The van der Waals surface area contributed by atoms with Gasteiger partial charge in [-0.05, 0) is 75.2 Å². The Morgan fingerprint density at radius 3 is 2.50 bits per heavy atom. The molecule has 0 saturated carbocycles. The number of nitrogens with zero attached hydrogens (tertiary/aromatic N) is 2. The summed E-state index contributed by atoms with van der Waals surface area (Å²) < 4.78 is 5.41. The molecular formula is C22H24N4O2. The lowest BCUT2D eigenvalue weighted by atomic mass is 10.1. The molecule has 0 fully saturated rings. The molecule has 6 nitrogen and oxygen atoms in total. The quantitative estimate of drug-likeness (QED) is 0.646. The fraction of sp³-hybridized carbons (Fsp3) is 0.227. The molecule has 3 rings (SSSR count). The van der Waals surface area contributed by atoms with Crippen LogP contribution in [0.25, 0.3) is 0 Å². The van der Waals surface area contributed by atoms with E-state index in [1.165, 1.54) is 5.56 Å². The molecule has 0 unspecified atom stereocenters. The maximum atomic E-state index is 12.6. The summed E-state index contributed by atoms with van der Waals surface area (Å²) in [7, 11) is 0. The maximum absolute atomic E-state index is 12.6. The van der Waals surface area contributed by atoms with Crippen molar-refractivity contribution in [1.29, 1.82) is 0 Å². The van der Waals surface area contributed by atoms with E-state index in [4.69, 9.17) is 4.74 Å². The minimum atomic E-state index is -0.293. The smallest absolute Gasteiger partial charge is 0.274 e. The summed E-state index contributed by atoms with van der Waals surface area (Å²) in [4.78, 5) is 21.4. The van der Waals surface area contributed by atoms with Crippen LogP contribution in [-0.4, -0.2) is 22.5 Å². The molecular weight excluding hydrogens is 352 g/mol. The molecule has 1 heterocycles. The molecule has 1 amide bonds. The van der Waals surface area contributed by atoms with Gasteiger partial charge < -0.3 is 15.4 Å². The average molecular weight is 376 g/mol. The third-order valence-electron chi connectivity index (χ3n) is 4.36. The monoisotopic (exact) mass is 376 g/mol. The van der Waals surface area contributed by atoms with Gasteiger partial charge in [0.2, 0.25) is 5.95 Å². The van der Waals surface area contributed by atoms with Gasteiger partial charge in [-0.15, -0.1) is 0 Å².